The zero-order valence-electron chi connectivity index (χ0n) is 13.0. The van der Waals surface area contributed by atoms with Crippen LogP contribution in [0.3, 0.4) is 0 Å². The van der Waals surface area contributed by atoms with Gasteiger partial charge in [0.15, 0.2) is 5.78 Å². The summed E-state index contributed by atoms with van der Waals surface area (Å²) in [6.07, 6.45) is 8.31. The lowest BCUT2D eigenvalue weighted by atomic mass is 9.84. The van der Waals surface area contributed by atoms with Crippen molar-refractivity contribution >= 4 is 5.78 Å². The molecule has 0 aromatic heterocycles. The SMILES string of the molecule is COc1c(C(=O)C2CCCCCCC2)ccc(C)c1C. The first-order chi connectivity index (χ1) is 9.65. The summed E-state index contributed by atoms with van der Waals surface area (Å²) in [7, 11) is 1.66. The number of carbonyl (C=O) groups is 1. The predicted octanol–water partition coefficient (Wildman–Crippen LogP) is 4.86. The van der Waals surface area contributed by atoms with Gasteiger partial charge in [-0.05, 0) is 43.9 Å². The number of ketones is 1. The molecule has 1 fully saturated rings. The van der Waals surface area contributed by atoms with Crippen LogP contribution in [-0.2, 0) is 0 Å². The van der Waals surface area contributed by atoms with Crippen LogP contribution in [-0.4, -0.2) is 12.9 Å². The van der Waals surface area contributed by atoms with Crippen molar-refractivity contribution in [3.8, 4) is 5.75 Å². The maximum atomic E-state index is 12.8. The van der Waals surface area contributed by atoms with Crippen molar-refractivity contribution in [3.05, 3.63) is 28.8 Å². The highest BCUT2D eigenvalue weighted by molar-refractivity contribution is 6.00. The van der Waals surface area contributed by atoms with E-state index in [1.165, 1.54) is 37.7 Å². The second-order valence-electron chi connectivity index (χ2n) is 5.99. The van der Waals surface area contributed by atoms with Crippen molar-refractivity contribution in [1.29, 1.82) is 0 Å². The maximum Gasteiger partial charge on any atom is 0.169 e. The molecule has 0 radical (unpaired) electrons. The molecule has 0 amide bonds. The molecule has 0 heterocycles. The average molecular weight is 274 g/mol. The van der Waals surface area contributed by atoms with Gasteiger partial charge in [-0.1, -0.05) is 38.2 Å². The minimum absolute atomic E-state index is 0.186. The third kappa shape index (κ3) is 3.23. The molecule has 0 saturated heterocycles. The fourth-order valence-electron chi connectivity index (χ4n) is 3.19. The summed E-state index contributed by atoms with van der Waals surface area (Å²) in [5.74, 6) is 1.25. The Morgan fingerprint density at radius 2 is 1.65 bits per heavy atom. The van der Waals surface area contributed by atoms with Crippen molar-refractivity contribution in [3.63, 3.8) is 0 Å². The van der Waals surface area contributed by atoms with E-state index in [1.54, 1.807) is 7.11 Å². The van der Waals surface area contributed by atoms with E-state index >= 15 is 0 Å². The number of hydrogen-bond donors (Lipinski definition) is 0. The quantitative estimate of drug-likeness (QED) is 0.736. The number of rotatable bonds is 3. The van der Waals surface area contributed by atoms with E-state index in [2.05, 4.69) is 6.92 Å². The molecule has 1 aromatic carbocycles. The molecule has 2 heteroatoms. The van der Waals surface area contributed by atoms with Crippen LogP contribution in [0.2, 0.25) is 0 Å². The fraction of sp³-hybridized carbons (Fsp3) is 0.611. The number of aryl methyl sites for hydroxylation is 1. The van der Waals surface area contributed by atoms with E-state index < -0.39 is 0 Å². The first-order valence-electron chi connectivity index (χ1n) is 7.83. The highest BCUT2D eigenvalue weighted by Gasteiger charge is 2.24. The maximum absolute atomic E-state index is 12.8. The van der Waals surface area contributed by atoms with Crippen LogP contribution in [0.5, 0.6) is 5.75 Å². The summed E-state index contributed by atoms with van der Waals surface area (Å²) in [5.41, 5.74) is 3.04. The molecule has 1 aliphatic rings. The largest absolute Gasteiger partial charge is 0.496 e. The molecule has 0 atom stereocenters. The first kappa shape index (κ1) is 15.1. The van der Waals surface area contributed by atoms with Crippen molar-refractivity contribution in [1.82, 2.24) is 0 Å². The van der Waals surface area contributed by atoms with E-state index in [4.69, 9.17) is 4.74 Å². The van der Waals surface area contributed by atoms with Gasteiger partial charge in [-0.25, -0.2) is 0 Å². The van der Waals surface area contributed by atoms with Crippen molar-refractivity contribution in [2.75, 3.05) is 7.11 Å². The zero-order valence-corrected chi connectivity index (χ0v) is 13.0. The highest BCUT2D eigenvalue weighted by atomic mass is 16.5. The molecule has 0 unspecified atom stereocenters. The molecule has 1 saturated carbocycles. The van der Waals surface area contributed by atoms with Gasteiger partial charge in [0, 0.05) is 5.92 Å². The van der Waals surface area contributed by atoms with Crippen LogP contribution in [0.4, 0.5) is 0 Å². The number of Topliss-reactive ketones (excluding diaryl/α,β-unsaturated/α-hetero) is 1. The Labute approximate surface area is 122 Å². The van der Waals surface area contributed by atoms with Gasteiger partial charge in [0.1, 0.15) is 5.75 Å². The second-order valence-corrected chi connectivity index (χ2v) is 5.99. The highest BCUT2D eigenvalue weighted by Crippen LogP contribution is 2.32. The van der Waals surface area contributed by atoms with Crippen molar-refractivity contribution < 1.29 is 9.53 Å². The number of hydrogen-bond acceptors (Lipinski definition) is 2. The van der Waals surface area contributed by atoms with Gasteiger partial charge < -0.3 is 4.74 Å². The van der Waals surface area contributed by atoms with Gasteiger partial charge in [0.25, 0.3) is 0 Å². The lowest BCUT2D eigenvalue weighted by Crippen LogP contribution is -2.17. The standard InChI is InChI=1S/C18H26O2/c1-13-11-12-16(18(20-3)14(13)2)17(19)15-9-7-5-4-6-8-10-15/h11-12,15H,4-10H2,1-3H3. The van der Waals surface area contributed by atoms with E-state index in [-0.39, 0.29) is 11.7 Å². The fourth-order valence-corrected chi connectivity index (χ4v) is 3.19. The predicted molar refractivity (Wildman–Crippen MR) is 82.6 cm³/mol. The van der Waals surface area contributed by atoms with E-state index in [0.29, 0.717) is 0 Å². The summed E-state index contributed by atoms with van der Waals surface area (Å²) in [5, 5.41) is 0. The number of ether oxygens (including phenoxy) is 1. The molecule has 110 valence electrons. The second kappa shape index (κ2) is 6.92. The monoisotopic (exact) mass is 274 g/mol. The first-order valence-corrected chi connectivity index (χ1v) is 7.83. The van der Waals surface area contributed by atoms with Gasteiger partial charge in [-0.15, -0.1) is 0 Å². The number of carbonyl (C=O) groups excluding carboxylic acids is 1. The Morgan fingerprint density at radius 1 is 1.05 bits per heavy atom. The molecule has 1 aromatic rings. The third-order valence-electron chi connectivity index (χ3n) is 4.62. The lowest BCUT2D eigenvalue weighted by molar-refractivity contribution is 0.0895. The Bertz CT molecular complexity index is 469. The topological polar surface area (TPSA) is 26.3 Å². The minimum Gasteiger partial charge on any atom is -0.496 e. The number of methoxy groups -OCH3 is 1. The normalized spacial score (nSPS) is 17.4. The Morgan fingerprint density at radius 3 is 2.25 bits per heavy atom. The zero-order chi connectivity index (χ0) is 14.5. The van der Waals surface area contributed by atoms with E-state index in [0.717, 1.165) is 29.7 Å². The summed E-state index contributed by atoms with van der Waals surface area (Å²) >= 11 is 0. The molecule has 2 nitrogen and oxygen atoms in total. The molecule has 1 aliphatic carbocycles. The van der Waals surface area contributed by atoms with Crippen LogP contribution in [0, 0.1) is 19.8 Å². The molecule has 20 heavy (non-hydrogen) atoms. The van der Waals surface area contributed by atoms with Crippen LogP contribution in [0.25, 0.3) is 0 Å². The number of benzene rings is 1. The van der Waals surface area contributed by atoms with Gasteiger partial charge in [0.2, 0.25) is 0 Å². The molecule has 0 N–H and O–H groups in total. The summed E-state index contributed by atoms with van der Waals surface area (Å²) in [4.78, 5) is 12.8. The summed E-state index contributed by atoms with van der Waals surface area (Å²) < 4.78 is 5.50. The van der Waals surface area contributed by atoms with Crippen molar-refractivity contribution in [2.45, 2.75) is 58.8 Å². The Hall–Kier alpha value is -1.31. The van der Waals surface area contributed by atoms with Crippen LogP contribution in [0.1, 0.15) is 66.4 Å². The summed E-state index contributed by atoms with van der Waals surface area (Å²) in [6, 6.07) is 3.98. The van der Waals surface area contributed by atoms with Gasteiger partial charge in [-0.2, -0.15) is 0 Å². The summed E-state index contributed by atoms with van der Waals surface area (Å²) in [6.45, 7) is 4.09. The van der Waals surface area contributed by atoms with Crippen LogP contribution < -0.4 is 4.74 Å². The molecule has 2 rings (SSSR count). The average Bonchev–Trinajstić information content (AvgIpc) is 2.40. The molecule has 0 bridgehead atoms. The third-order valence-corrected chi connectivity index (χ3v) is 4.62. The van der Waals surface area contributed by atoms with Crippen molar-refractivity contribution in [2.24, 2.45) is 5.92 Å². The van der Waals surface area contributed by atoms with Gasteiger partial charge >= 0.3 is 0 Å². The molecule has 0 spiro atoms. The Kier molecular flexibility index (Phi) is 5.22. The smallest absolute Gasteiger partial charge is 0.169 e. The van der Waals surface area contributed by atoms with E-state index in [1.807, 2.05) is 19.1 Å². The molecular formula is C18H26O2. The lowest BCUT2D eigenvalue weighted by Gasteiger charge is -2.20. The van der Waals surface area contributed by atoms with Gasteiger partial charge in [0.05, 0.1) is 12.7 Å². The van der Waals surface area contributed by atoms with E-state index in [9.17, 15) is 4.79 Å². The van der Waals surface area contributed by atoms with Crippen LogP contribution in [0.15, 0.2) is 12.1 Å². The van der Waals surface area contributed by atoms with Crippen LogP contribution >= 0.6 is 0 Å². The van der Waals surface area contributed by atoms with Gasteiger partial charge in [-0.3, -0.25) is 4.79 Å². The minimum atomic E-state index is 0.186. The molecule has 0 aliphatic heterocycles. The Balaban J connectivity index is 2.25. The molecular weight excluding hydrogens is 248 g/mol.